The molecule has 0 bridgehead atoms. The fraction of sp³-hybridized carbons (Fsp3) is 0.571. The van der Waals surface area contributed by atoms with Gasteiger partial charge in [-0.15, -0.1) is 12.4 Å². The lowest BCUT2D eigenvalue weighted by Crippen LogP contribution is -2.42. The second-order valence-electron chi connectivity index (χ2n) is 5.19. The molecule has 0 spiro atoms. The van der Waals surface area contributed by atoms with E-state index in [0.29, 0.717) is 23.5 Å². The Morgan fingerprint density at radius 2 is 2.05 bits per heavy atom. The summed E-state index contributed by atoms with van der Waals surface area (Å²) in [6.45, 7) is 2.22. The molecule has 1 amide bonds. The summed E-state index contributed by atoms with van der Waals surface area (Å²) < 4.78 is 0. The van der Waals surface area contributed by atoms with Gasteiger partial charge in [0.25, 0.3) is 5.91 Å². The fourth-order valence-electron chi connectivity index (χ4n) is 2.77. The summed E-state index contributed by atoms with van der Waals surface area (Å²) >= 11 is 0. The van der Waals surface area contributed by atoms with E-state index in [1.807, 2.05) is 11.9 Å². The van der Waals surface area contributed by atoms with Gasteiger partial charge in [-0.05, 0) is 30.9 Å². The van der Waals surface area contributed by atoms with Crippen LogP contribution in [0.2, 0.25) is 0 Å². The van der Waals surface area contributed by atoms with E-state index >= 15 is 0 Å². The van der Waals surface area contributed by atoms with E-state index in [1.165, 1.54) is 19.3 Å². The standard InChI is InChI=1S/C14H21N3O.ClH/c1-10-6-3-4-8-12(10)17(2)14(18)11-7-5-9-13(15)16-11;/h5,7,9-10,12H,3-4,6,8H2,1-2H3,(H2,15,16);1H. The van der Waals surface area contributed by atoms with E-state index in [1.54, 1.807) is 18.2 Å². The molecule has 1 aliphatic rings. The first-order chi connectivity index (χ1) is 8.59. The van der Waals surface area contributed by atoms with Gasteiger partial charge in [-0.3, -0.25) is 4.79 Å². The highest BCUT2D eigenvalue weighted by molar-refractivity contribution is 5.92. The molecule has 0 aromatic carbocycles. The lowest BCUT2D eigenvalue weighted by molar-refractivity contribution is 0.0623. The van der Waals surface area contributed by atoms with Crippen LogP contribution in [0.1, 0.15) is 43.1 Å². The maximum atomic E-state index is 12.3. The monoisotopic (exact) mass is 283 g/mol. The lowest BCUT2D eigenvalue weighted by atomic mass is 9.85. The minimum absolute atomic E-state index is 0. The Labute approximate surface area is 120 Å². The van der Waals surface area contributed by atoms with E-state index in [4.69, 9.17) is 5.73 Å². The van der Waals surface area contributed by atoms with Crippen LogP contribution in [0.5, 0.6) is 0 Å². The minimum atomic E-state index is -0.0268. The molecule has 5 heteroatoms. The normalized spacial score (nSPS) is 22.4. The minimum Gasteiger partial charge on any atom is -0.384 e. The number of amides is 1. The summed E-state index contributed by atoms with van der Waals surface area (Å²) in [6, 6.07) is 5.52. The third-order valence-corrected chi connectivity index (χ3v) is 3.87. The summed E-state index contributed by atoms with van der Waals surface area (Å²) in [5, 5.41) is 0. The molecule has 1 heterocycles. The van der Waals surface area contributed by atoms with Gasteiger partial charge < -0.3 is 10.6 Å². The molecular weight excluding hydrogens is 262 g/mol. The molecule has 2 rings (SSSR count). The van der Waals surface area contributed by atoms with Crippen molar-refractivity contribution < 1.29 is 4.79 Å². The largest absolute Gasteiger partial charge is 0.384 e. The summed E-state index contributed by atoms with van der Waals surface area (Å²) in [4.78, 5) is 18.3. The molecule has 1 aromatic rings. The average molecular weight is 284 g/mol. The molecule has 4 nitrogen and oxygen atoms in total. The van der Waals surface area contributed by atoms with Gasteiger partial charge in [-0.25, -0.2) is 4.98 Å². The number of halogens is 1. The van der Waals surface area contributed by atoms with Crippen molar-refractivity contribution in [2.75, 3.05) is 12.8 Å². The topological polar surface area (TPSA) is 59.2 Å². The Kier molecular flexibility index (Phi) is 5.60. The SMILES string of the molecule is CC1CCCCC1N(C)C(=O)c1cccc(N)n1.Cl. The Bertz CT molecular complexity index is 438. The number of pyridine rings is 1. The van der Waals surface area contributed by atoms with Crippen LogP contribution in [-0.4, -0.2) is 28.9 Å². The van der Waals surface area contributed by atoms with Gasteiger partial charge in [0.15, 0.2) is 0 Å². The van der Waals surface area contributed by atoms with E-state index in [2.05, 4.69) is 11.9 Å². The number of carbonyl (C=O) groups is 1. The summed E-state index contributed by atoms with van der Waals surface area (Å²) in [5.41, 5.74) is 6.06. The number of carbonyl (C=O) groups excluding carboxylic acids is 1. The van der Waals surface area contributed by atoms with Gasteiger partial charge in [0.1, 0.15) is 11.5 Å². The Balaban J connectivity index is 0.00000180. The molecule has 2 unspecified atom stereocenters. The number of rotatable bonds is 2. The number of anilines is 1. The number of nitrogen functional groups attached to an aromatic ring is 1. The van der Waals surface area contributed by atoms with Crippen molar-refractivity contribution in [3.8, 4) is 0 Å². The molecule has 0 radical (unpaired) electrons. The van der Waals surface area contributed by atoms with Crippen LogP contribution in [0.25, 0.3) is 0 Å². The van der Waals surface area contributed by atoms with Crippen LogP contribution < -0.4 is 5.73 Å². The zero-order chi connectivity index (χ0) is 13.1. The van der Waals surface area contributed by atoms with Crippen LogP contribution in [-0.2, 0) is 0 Å². The van der Waals surface area contributed by atoms with Crippen LogP contribution in [0, 0.1) is 5.92 Å². The van der Waals surface area contributed by atoms with Gasteiger partial charge >= 0.3 is 0 Å². The van der Waals surface area contributed by atoms with Gasteiger partial charge in [-0.1, -0.05) is 25.8 Å². The van der Waals surface area contributed by atoms with Crippen molar-refractivity contribution in [2.24, 2.45) is 5.92 Å². The van der Waals surface area contributed by atoms with Crippen LogP contribution in [0.15, 0.2) is 18.2 Å². The highest BCUT2D eigenvalue weighted by Gasteiger charge is 2.28. The third-order valence-electron chi connectivity index (χ3n) is 3.87. The molecule has 0 aliphatic heterocycles. The smallest absolute Gasteiger partial charge is 0.272 e. The maximum absolute atomic E-state index is 12.3. The van der Waals surface area contributed by atoms with E-state index in [-0.39, 0.29) is 18.3 Å². The molecule has 19 heavy (non-hydrogen) atoms. The summed E-state index contributed by atoms with van der Waals surface area (Å²) in [5.74, 6) is 0.931. The zero-order valence-electron chi connectivity index (χ0n) is 11.5. The first kappa shape index (κ1) is 15.8. The molecular formula is C14H22ClN3O. The third kappa shape index (κ3) is 3.60. The van der Waals surface area contributed by atoms with Crippen molar-refractivity contribution in [1.29, 1.82) is 0 Å². The summed E-state index contributed by atoms with van der Waals surface area (Å²) in [7, 11) is 1.87. The zero-order valence-corrected chi connectivity index (χ0v) is 12.3. The first-order valence-corrected chi connectivity index (χ1v) is 6.59. The highest BCUT2D eigenvalue weighted by atomic mass is 35.5. The van der Waals surface area contributed by atoms with Crippen LogP contribution >= 0.6 is 12.4 Å². The quantitative estimate of drug-likeness (QED) is 0.908. The van der Waals surface area contributed by atoms with Gasteiger partial charge in [0, 0.05) is 13.1 Å². The molecule has 1 saturated carbocycles. The Hall–Kier alpha value is -1.29. The second-order valence-corrected chi connectivity index (χ2v) is 5.19. The maximum Gasteiger partial charge on any atom is 0.272 e. The Morgan fingerprint density at radius 3 is 2.68 bits per heavy atom. The number of nitrogens with two attached hydrogens (primary N) is 1. The van der Waals surface area contributed by atoms with E-state index in [9.17, 15) is 4.79 Å². The van der Waals surface area contributed by atoms with Gasteiger partial charge in [0.2, 0.25) is 0 Å². The van der Waals surface area contributed by atoms with E-state index < -0.39 is 0 Å². The molecule has 1 aliphatic carbocycles. The number of nitrogens with zero attached hydrogens (tertiary/aromatic N) is 2. The van der Waals surface area contributed by atoms with Gasteiger partial charge in [-0.2, -0.15) is 0 Å². The molecule has 2 N–H and O–H groups in total. The van der Waals surface area contributed by atoms with Crippen molar-refractivity contribution in [3.63, 3.8) is 0 Å². The van der Waals surface area contributed by atoms with Crippen molar-refractivity contribution >= 4 is 24.1 Å². The number of hydrogen-bond donors (Lipinski definition) is 1. The van der Waals surface area contributed by atoms with Crippen molar-refractivity contribution in [2.45, 2.75) is 38.6 Å². The van der Waals surface area contributed by atoms with Gasteiger partial charge in [0.05, 0.1) is 0 Å². The van der Waals surface area contributed by atoms with E-state index in [0.717, 1.165) is 6.42 Å². The predicted octanol–water partition coefficient (Wildman–Crippen LogP) is 2.74. The number of hydrogen-bond acceptors (Lipinski definition) is 3. The molecule has 1 aromatic heterocycles. The summed E-state index contributed by atoms with van der Waals surface area (Å²) in [6.07, 6.45) is 4.77. The molecule has 0 saturated heterocycles. The molecule has 2 atom stereocenters. The molecule has 1 fully saturated rings. The average Bonchev–Trinajstić information content (AvgIpc) is 2.37. The van der Waals surface area contributed by atoms with Crippen molar-refractivity contribution in [3.05, 3.63) is 23.9 Å². The number of aromatic nitrogens is 1. The predicted molar refractivity (Wildman–Crippen MR) is 79.4 cm³/mol. The highest BCUT2D eigenvalue weighted by Crippen LogP contribution is 2.28. The Morgan fingerprint density at radius 1 is 1.37 bits per heavy atom. The lowest BCUT2D eigenvalue weighted by Gasteiger charge is -2.36. The fourth-order valence-corrected chi connectivity index (χ4v) is 2.77. The molecule has 106 valence electrons. The van der Waals surface area contributed by atoms with Crippen LogP contribution in [0.4, 0.5) is 5.82 Å². The van der Waals surface area contributed by atoms with Crippen LogP contribution in [0.3, 0.4) is 0 Å². The first-order valence-electron chi connectivity index (χ1n) is 6.59. The second kappa shape index (κ2) is 6.75. The van der Waals surface area contributed by atoms with Crippen molar-refractivity contribution in [1.82, 2.24) is 9.88 Å².